The summed E-state index contributed by atoms with van der Waals surface area (Å²) in [5.74, 6) is 0.124. The molecule has 1 rings (SSSR count). The molecular formula is C11H17IN2O2. The highest BCUT2D eigenvalue weighted by Gasteiger charge is 2.09. The van der Waals surface area contributed by atoms with Gasteiger partial charge in [0.2, 0.25) is 5.76 Å². The molecule has 1 aromatic heterocycles. The van der Waals surface area contributed by atoms with Crippen LogP contribution in [0.15, 0.2) is 10.6 Å². The van der Waals surface area contributed by atoms with E-state index >= 15 is 0 Å². The molecule has 4 nitrogen and oxygen atoms in total. The molecule has 1 N–H and O–H groups in total. The van der Waals surface area contributed by atoms with Crippen LogP contribution in [0.25, 0.3) is 0 Å². The summed E-state index contributed by atoms with van der Waals surface area (Å²) in [7, 11) is 0. The molecule has 0 unspecified atom stereocenters. The molecule has 1 heterocycles. The molecule has 0 saturated heterocycles. The molecule has 16 heavy (non-hydrogen) atoms. The quantitative estimate of drug-likeness (QED) is 0.473. The van der Waals surface area contributed by atoms with Gasteiger partial charge in [-0.2, -0.15) is 0 Å². The first-order valence-corrected chi connectivity index (χ1v) is 7.04. The summed E-state index contributed by atoms with van der Waals surface area (Å²) in [6, 6.07) is 1.64. The molecule has 1 aromatic rings. The highest BCUT2D eigenvalue weighted by atomic mass is 127. The van der Waals surface area contributed by atoms with Gasteiger partial charge < -0.3 is 9.84 Å². The average molecular weight is 336 g/mol. The van der Waals surface area contributed by atoms with Crippen molar-refractivity contribution >= 4 is 28.5 Å². The van der Waals surface area contributed by atoms with E-state index < -0.39 is 0 Å². The zero-order valence-corrected chi connectivity index (χ0v) is 11.6. The Morgan fingerprint density at radius 2 is 2.19 bits per heavy atom. The zero-order chi connectivity index (χ0) is 11.8. The van der Waals surface area contributed by atoms with Crippen molar-refractivity contribution in [2.75, 3.05) is 11.0 Å². The Labute approximate surface area is 109 Å². The third-order valence-corrected chi connectivity index (χ3v) is 2.96. The number of carbonyl (C=O) groups is 1. The molecular weight excluding hydrogens is 319 g/mol. The fourth-order valence-corrected chi connectivity index (χ4v) is 1.87. The molecule has 0 aliphatic heterocycles. The van der Waals surface area contributed by atoms with Crippen LogP contribution in [0.2, 0.25) is 0 Å². The van der Waals surface area contributed by atoms with E-state index in [4.69, 9.17) is 4.52 Å². The number of amides is 1. The second-order valence-electron chi connectivity index (χ2n) is 3.69. The number of aromatic nitrogens is 1. The van der Waals surface area contributed by atoms with E-state index in [1.54, 1.807) is 13.0 Å². The maximum absolute atomic E-state index is 11.5. The van der Waals surface area contributed by atoms with E-state index in [2.05, 4.69) is 33.1 Å². The highest BCUT2D eigenvalue weighted by Crippen LogP contribution is 2.03. The summed E-state index contributed by atoms with van der Waals surface area (Å²) < 4.78 is 6.07. The van der Waals surface area contributed by atoms with Crippen LogP contribution in [-0.2, 0) is 0 Å². The van der Waals surface area contributed by atoms with Gasteiger partial charge in [0.1, 0.15) is 0 Å². The van der Waals surface area contributed by atoms with E-state index in [1.807, 2.05) is 0 Å². The number of halogens is 1. The predicted molar refractivity (Wildman–Crippen MR) is 70.9 cm³/mol. The van der Waals surface area contributed by atoms with Crippen molar-refractivity contribution in [1.82, 2.24) is 10.5 Å². The van der Waals surface area contributed by atoms with Crippen molar-refractivity contribution in [2.24, 2.45) is 0 Å². The first kappa shape index (κ1) is 13.5. The Morgan fingerprint density at radius 1 is 1.44 bits per heavy atom. The average Bonchev–Trinajstić information content (AvgIpc) is 2.70. The summed E-state index contributed by atoms with van der Waals surface area (Å²) in [5, 5.41) is 6.48. The minimum Gasteiger partial charge on any atom is -0.351 e. The maximum Gasteiger partial charge on any atom is 0.289 e. The fraction of sp³-hybridized carbons (Fsp3) is 0.636. The van der Waals surface area contributed by atoms with Crippen LogP contribution in [-0.4, -0.2) is 22.0 Å². The predicted octanol–water partition coefficient (Wildman–Crippen LogP) is 2.71. The Kier molecular flexibility index (Phi) is 6.44. The van der Waals surface area contributed by atoms with Gasteiger partial charge in [-0.05, 0) is 24.2 Å². The van der Waals surface area contributed by atoms with Crippen LogP contribution in [0.1, 0.15) is 41.9 Å². The number of hydrogen-bond donors (Lipinski definition) is 1. The molecule has 0 aliphatic carbocycles. The second kappa shape index (κ2) is 7.65. The largest absolute Gasteiger partial charge is 0.351 e. The Morgan fingerprint density at radius 3 is 2.81 bits per heavy atom. The number of alkyl halides is 1. The lowest BCUT2D eigenvalue weighted by Crippen LogP contribution is -2.23. The van der Waals surface area contributed by atoms with E-state index in [1.165, 1.54) is 23.7 Å². The number of nitrogens with zero attached hydrogens (tertiary/aromatic N) is 1. The molecule has 0 atom stereocenters. The van der Waals surface area contributed by atoms with Crippen molar-refractivity contribution in [1.29, 1.82) is 0 Å². The van der Waals surface area contributed by atoms with E-state index in [9.17, 15) is 4.79 Å². The number of aryl methyl sites for hydroxylation is 1. The summed E-state index contributed by atoms with van der Waals surface area (Å²) in [6.07, 6.45) is 4.68. The van der Waals surface area contributed by atoms with Gasteiger partial charge in [0, 0.05) is 12.6 Å². The normalized spacial score (nSPS) is 10.4. The topological polar surface area (TPSA) is 55.1 Å². The molecule has 0 spiro atoms. The molecule has 0 fully saturated rings. The molecule has 1 amide bonds. The van der Waals surface area contributed by atoms with E-state index in [-0.39, 0.29) is 5.91 Å². The highest BCUT2D eigenvalue weighted by molar-refractivity contribution is 14.1. The van der Waals surface area contributed by atoms with Crippen LogP contribution in [0.3, 0.4) is 0 Å². The molecule has 0 bridgehead atoms. The molecule has 90 valence electrons. The number of carbonyl (C=O) groups excluding carboxylic acids is 1. The molecule has 0 radical (unpaired) electrons. The minimum absolute atomic E-state index is 0.172. The number of nitrogens with one attached hydrogen (secondary N) is 1. The van der Waals surface area contributed by atoms with Crippen LogP contribution < -0.4 is 5.32 Å². The fourth-order valence-electron chi connectivity index (χ4n) is 1.33. The van der Waals surface area contributed by atoms with Crippen molar-refractivity contribution < 1.29 is 9.32 Å². The van der Waals surface area contributed by atoms with Gasteiger partial charge in [-0.3, -0.25) is 4.79 Å². The number of rotatable bonds is 7. The van der Waals surface area contributed by atoms with Crippen LogP contribution in [0, 0.1) is 6.92 Å². The standard InChI is InChI=1S/C11H17IN2O2/c1-9-8-10(16-14-9)11(15)13-7-5-3-2-4-6-12/h8H,2-7H2,1H3,(H,13,15). The van der Waals surface area contributed by atoms with Gasteiger partial charge in [0.15, 0.2) is 0 Å². The number of hydrogen-bond acceptors (Lipinski definition) is 3. The lowest BCUT2D eigenvalue weighted by Gasteiger charge is -2.01. The first-order chi connectivity index (χ1) is 7.74. The Balaban J connectivity index is 2.11. The van der Waals surface area contributed by atoms with Gasteiger partial charge in [-0.15, -0.1) is 0 Å². The second-order valence-corrected chi connectivity index (χ2v) is 4.77. The van der Waals surface area contributed by atoms with Crippen LogP contribution >= 0.6 is 22.6 Å². The number of unbranched alkanes of at least 4 members (excludes halogenated alkanes) is 3. The van der Waals surface area contributed by atoms with Crippen molar-refractivity contribution in [3.8, 4) is 0 Å². The lowest BCUT2D eigenvalue weighted by atomic mass is 10.2. The van der Waals surface area contributed by atoms with Crippen LogP contribution in [0.5, 0.6) is 0 Å². The molecule has 5 heteroatoms. The van der Waals surface area contributed by atoms with E-state index in [0.717, 1.165) is 12.1 Å². The third-order valence-electron chi connectivity index (χ3n) is 2.20. The third kappa shape index (κ3) is 4.96. The van der Waals surface area contributed by atoms with Crippen molar-refractivity contribution in [3.05, 3.63) is 17.5 Å². The monoisotopic (exact) mass is 336 g/mol. The first-order valence-electron chi connectivity index (χ1n) is 5.51. The van der Waals surface area contributed by atoms with Crippen LogP contribution in [0.4, 0.5) is 0 Å². The van der Waals surface area contributed by atoms with Gasteiger partial charge in [-0.25, -0.2) is 0 Å². The summed E-state index contributed by atoms with van der Waals surface area (Å²) >= 11 is 2.38. The Hall–Kier alpha value is -0.590. The van der Waals surface area contributed by atoms with Gasteiger partial charge in [0.25, 0.3) is 5.91 Å². The molecule has 0 aromatic carbocycles. The van der Waals surface area contributed by atoms with Crippen molar-refractivity contribution in [2.45, 2.75) is 32.6 Å². The van der Waals surface area contributed by atoms with Gasteiger partial charge in [0.05, 0.1) is 5.69 Å². The van der Waals surface area contributed by atoms with E-state index in [0.29, 0.717) is 12.3 Å². The minimum atomic E-state index is -0.172. The van der Waals surface area contributed by atoms with Gasteiger partial charge >= 0.3 is 0 Å². The maximum atomic E-state index is 11.5. The molecule has 0 saturated carbocycles. The summed E-state index contributed by atoms with van der Waals surface area (Å²) in [6.45, 7) is 2.50. The Bertz CT molecular complexity index is 326. The SMILES string of the molecule is Cc1cc(C(=O)NCCCCCCI)on1. The summed E-state index contributed by atoms with van der Waals surface area (Å²) in [4.78, 5) is 11.5. The zero-order valence-electron chi connectivity index (χ0n) is 9.46. The van der Waals surface area contributed by atoms with Gasteiger partial charge in [-0.1, -0.05) is 40.6 Å². The van der Waals surface area contributed by atoms with Crippen molar-refractivity contribution in [3.63, 3.8) is 0 Å². The smallest absolute Gasteiger partial charge is 0.289 e. The summed E-state index contributed by atoms with van der Waals surface area (Å²) in [5.41, 5.74) is 0.729. The molecule has 0 aliphatic rings. The lowest BCUT2D eigenvalue weighted by molar-refractivity contribution is 0.0916.